The van der Waals surface area contributed by atoms with Crippen LogP contribution in [0.1, 0.15) is 6.42 Å². The Morgan fingerprint density at radius 3 is 3.00 bits per heavy atom. The van der Waals surface area contributed by atoms with Gasteiger partial charge in [-0.2, -0.15) is 11.8 Å². The predicted molar refractivity (Wildman–Crippen MR) is 66.1 cm³/mol. The van der Waals surface area contributed by atoms with E-state index < -0.39 is 0 Å². The third-order valence-corrected chi connectivity index (χ3v) is 4.92. The van der Waals surface area contributed by atoms with Gasteiger partial charge in [-0.05, 0) is 24.6 Å². The van der Waals surface area contributed by atoms with Crippen LogP contribution < -0.4 is 4.90 Å². The van der Waals surface area contributed by atoms with Crippen LogP contribution >= 0.6 is 27.7 Å². The molecule has 2 bridgehead atoms. The molecule has 2 heterocycles. The van der Waals surface area contributed by atoms with Gasteiger partial charge in [0.2, 0.25) is 0 Å². The minimum atomic E-state index is 0.791. The van der Waals surface area contributed by atoms with Crippen molar-refractivity contribution in [2.75, 3.05) is 17.2 Å². The van der Waals surface area contributed by atoms with E-state index in [4.69, 9.17) is 0 Å². The number of nitrogens with zero attached hydrogens (tertiary/aromatic N) is 1. The van der Waals surface area contributed by atoms with E-state index in [0.717, 1.165) is 11.3 Å². The molecular formula is C11H12BrNS. The monoisotopic (exact) mass is 269 g/mol. The molecule has 2 saturated heterocycles. The van der Waals surface area contributed by atoms with E-state index in [1.165, 1.54) is 28.9 Å². The summed E-state index contributed by atoms with van der Waals surface area (Å²) in [7, 11) is 0. The minimum absolute atomic E-state index is 0.791. The lowest BCUT2D eigenvalue weighted by molar-refractivity contribution is 0.763. The molecule has 14 heavy (non-hydrogen) atoms. The van der Waals surface area contributed by atoms with Crippen molar-refractivity contribution in [2.45, 2.75) is 17.7 Å². The lowest BCUT2D eigenvalue weighted by atomic mass is 10.2. The topological polar surface area (TPSA) is 3.24 Å². The molecule has 3 heteroatoms. The van der Waals surface area contributed by atoms with E-state index in [1.807, 2.05) is 0 Å². The minimum Gasteiger partial charge on any atom is -0.367 e. The molecule has 2 aliphatic rings. The number of halogens is 1. The Balaban J connectivity index is 1.89. The highest BCUT2D eigenvalue weighted by Crippen LogP contribution is 2.40. The van der Waals surface area contributed by atoms with Crippen molar-refractivity contribution in [2.24, 2.45) is 0 Å². The summed E-state index contributed by atoms with van der Waals surface area (Å²) in [5, 5.41) is 0.888. The van der Waals surface area contributed by atoms with Gasteiger partial charge in [-0.15, -0.1) is 0 Å². The van der Waals surface area contributed by atoms with E-state index in [2.05, 4.69) is 56.9 Å². The van der Waals surface area contributed by atoms with Crippen molar-refractivity contribution in [3.63, 3.8) is 0 Å². The van der Waals surface area contributed by atoms with Crippen LogP contribution in [-0.4, -0.2) is 23.6 Å². The third-order valence-electron chi connectivity index (χ3n) is 3.04. The lowest BCUT2D eigenvalue weighted by Crippen LogP contribution is -2.33. The number of fused-ring (bicyclic) bond motifs is 2. The molecule has 0 aromatic heterocycles. The Hall–Kier alpha value is -0.150. The zero-order chi connectivity index (χ0) is 9.54. The van der Waals surface area contributed by atoms with Gasteiger partial charge in [-0.25, -0.2) is 0 Å². The maximum atomic E-state index is 3.53. The second kappa shape index (κ2) is 3.46. The highest BCUT2D eigenvalue weighted by Gasteiger charge is 2.38. The van der Waals surface area contributed by atoms with E-state index in [0.29, 0.717) is 0 Å². The van der Waals surface area contributed by atoms with Crippen LogP contribution in [0.3, 0.4) is 0 Å². The summed E-state index contributed by atoms with van der Waals surface area (Å²) in [6.07, 6.45) is 1.39. The highest BCUT2D eigenvalue weighted by molar-refractivity contribution is 9.10. The van der Waals surface area contributed by atoms with Gasteiger partial charge in [0.15, 0.2) is 0 Å². The number of thioether (sulfide) groups is 1. The predicted octanol–water partition coefficient (Wildman–Crippen LogP) is 3.14. The van der Waals surface area contributed by atoms with Crippen molar-refractivity contribution >= 4 is 33.4 Å². The quantitative estimate of drug-likeness (QED) is 0.771. The fraction of sp³-hybridized carbons (Fsp3) is 0.455. The van der Waals surface area contributed by atoms with Gasteiger partial charge in [0, 0.05) is 33.7 Å². The maximum absolute atomic E-state index is 3.53. The van der Waals surface area contributed by atoms with Gasteiger partial charge in [-0.1, -0.05) is 22.0 Å². The molecule has 1 nitrogen and oxygen atoms in total. The first-order valence-electron chi connectivity index (χ1n) is 4.97. The standard InChI is InChI=1S/C11H12BrNS/c12-8-2-1-3-9(4-8)13-6-11-5-10(13)7-14-11/h1-4,10-11H,5-7H2. The van der Waals surface area contributed by atoms with Crippen LogP contribution in [0.4, 0.5) is 5.69 Å². The molecular weight excluding hydrogens is 258 g/mol. The fourth-order valence-electron chi connectivity index (χ4n) is 2.37. The van der Waals surface area contributed by atoms with E-state index in [1.54, 1.807) is 0 Å². The molecule has 1 aromatic rings. The zero-order valence-corrected chi connectivity index (χ0v) is 10.2. The second-order valence-corrected chi connectivity index (χ2v) is 6.23. The second-order valence-electron chi connectivity index (χ2n) is 3.98. The Labute approximate surface area is 97.0 Å². The van der Waals surface area contributed by atoms with Gasteiger partial charge in [0.05, 0.1) is 0 Å². The molecule has 3 rings (SSSR count). The fourth-order valence-corrected chi connectivity index (χ4v) is 4.19. The summed E-state index contributed by atoms with van der Waals surface area (Å²) >= 11 is 5.67. The number of hydrogen-bond donors (Lipinski definition) is 0. The average Bonchev–Trinajstić information content (AvgIpc) is 2.78. The first kappa shape index (κ1) is 9.10. The summed E-state index contributed by atoms with van der Waals surface area (Å²) in [5.41, 5.74) is 1.38. The molecule has 0 radical (unpaired) electrons. The Bertz CT molecular complexity index is 355. The third kappa shape index (κ3) is 1.47. The molecule has 0 N–H and O–H groups in total. The van der Waals surface area contributed by atoms with Gasteiger partial charge >= 0.3 is 0 Å². The summed E-state index contributed by atoms with van der Waals surface area (Å²) in [6.45, 7) is 1.24. The zero-order valence-electron chi connectivity index (χ0n) is 7.82. The van der Waals surface area contributed by atoms with E-state index >= 15 is 0 Å². The number of rotatable bonds is 1. The smallest absolute Gasteiger partial charge is 0.0392 e. The van der Waals surface area contributed by atoms with Crippen molar-refractivity contribution in [1.82, 2.24) is 0 Å². The Morgan fingerprint density at radius 2 is 2.36 bits per heavy atom. The number of anilines is 1. The molecule has 2 aliphatic heterocycles. The molecule has 74 valence electrons. The Morgan fingerprint density at radius 1 is 1.43 bits per heavy atom. The van der Waals surface area contributed by atoms with Crippen LogP contribution in [-0.2, 0) is 0 Å². The molecule has 0 saturated carbocycles. The van der Waals surface area contributed by atoms with Gasteiger partial charge in [-0.3, -0.25) is 0 Å². The summed E-state index contributed by atoms with van der Waals surface area (Å²) < 4.78 is 1.19. The first-order chi connectivity index (χ1) is 6.83. The number of benzene rings is 1. The molecule has 2 atom stereocenters. The number of hydrogen-bond acceptors (Lipinski definition) is 2. The molecule has 0 spiro atoms. The molecule has 2 unspecified atom stereocenters. The van der Waals surface area contributed by atoms with E-state index in [9.17, 15) is 0 Å². The average molecular weight is 270 g/mol. The molecule has 2 fully saturated rings. The highest BCUT2D eigenvalue weighted by atomic mass is 79.9. The van der Waals surface area contributed by atoms with Crippen LogP contribution in [0.2, 0.25) is 0 Å². The van der Waals surface area contributed by atoms with Gasteiger partial charge in [0.1, 0.15) is 0 Å². The lowest BCUT2D eigenvalue weighted by Gasteiger charge is -2.28. The van der Waals surface area contributed by atoms with Crippen molar-refractivity contribution < 1.29 is 0 Å². The summed E-state index contributed by atoms with van der Waals surface area (Å²) in [6, 6.07) is 9.45. The normalized spacial score (nSPS) is 29.9. The Kier molecular flexibility index (Phi) is 2.25. The summed E-state index contributed by atoms with van der Waals surface area (Å²) in [4.78, 5) is 2.56. The maximum Gasteiger partial charge on any atom is 0.0392 e. The SMILES string of the molecule is Brc1cccc(N2CC3CC2CS3)c1. The van der Waals surface area contributed by atoms with Crippen molar-refractivity contribution in [3.8, 4) is 0 Å². The van der Waals surface area contributed by atoms with Gasteiger partial charge in [0.25, 0.3) is 0 Å². The largest absolute Gasteiger partial charge is 0.367 e. The first-order valence-corrected chi connectivity index (χ1v) is 6.81. The molecule has 0 aliphatic carbocycles. The van der Waals surface area contributed by atoms with Gasteiger partial charge < -0.3 is 4.90 Å². The van der Waals surface area contributed by atoms with Crippen molar-refractivity contribution in [3.05, 3.63) is 28.7 Å². The van der Waals surface area contributed by atoms with E-state index in [-0.39, 0.29) is 0 Å². The summed E-state index contributed by atoms with van der Waals surface area (Å²) in [5.74, 6) is 1.32. The van der Waals surface area contributed by atoms with Crippen molar-refractivity contribution in [1.29, 1.82) is 0 Å². The van der Waals surface area contributed by atoms with Crippen LogP contribution in [0.5, 0.6) is 0 Å². The molecule has 0 amide bonds. The molecule has 1 aromatic carbocycles. The van der Waals surface area contributed by atoms with Crippen LogP contribution in [0.25, 0.3) is 0 Å². The van der Waals surface area contributed by atoms with Crippen LogP contribution in [0, 0.1) is 0 Å². The van der Waals surface area contributed by atoms with Crippen LogP contribution in [0.15, 0.2) is 28.7 Å².